The van der Waals surface area contributed by atoms with Gasteiger partial charge >= 0.3 is 0 Å². The van der Waals surface area contributed by atoms with E-state index in [1.165, 1.54) is 18.4 Å². The summed E-state index contributed by atoms with van der Waals surface area (Å²) in [6, 6.07) is 6.33. The summed E-state index contributed by atoms with van der Waals surface area (Å²) >= 11 is 0. The van der Waals surface area contributed by atoms with Gasteiger partial charge < -0.3 is 14.5 Å². The number of methoxy groups -OCH3 is 1. The molecular formula is C14H17NO2. The van der Waals surface area contributed by atoms with Gasteiger partial charge in [0.1, 0.15) is 0 Å². The van der Waals surface area contributed by atoms with Crippen LogP contribution in [0.2, 0.25) is 0 Å². The van der Waals surface area contributed by atoms with E-state index in [4.69, 9.17) is 9.15 Å². The van der Waals surface area contributed by atoms with Crippen LogP contribution in [0.15, 0.2) is 28.9 Å². The molecule has 1 aliphatic heterocycles. The second kappa shape index (κ2) is 4.41. The molecule has 1 unspecified atom stereocenters. The maximum atomic E-state index is 5.44. The molecule has 17 heavy (non-hydrogen) atoms. The van der Waals surface area contributed by atoms with Crippen molar-refractivity contribution >= 4 is 11.0 Å². The molecule has 90 valence electrons. The fraction of sp³-hybridized carbons (Fsp3) is 0.429. The summed E-state index contributed by atoms with van der Waals surface area (Å²) in [7, 11) is 1.69. The summed E-state index contributed by atoms with van der Waals surface area (Å²) in [6.45, 7) is 2.20. The Balaban J connectivity index is 2.03. The van der Waals surface area contributed by atoms with Gasteiger partial charge in [-0.25, -0.2) is 0 Å². The molecule has 0 bridgehead atoms. The molecule has 0 radical (unpaired) electrons. The van der Waals surface area contributed by atoms with Gasteiger partial charge in [-0.15, -0.1) is 0 Å². The van der Waals surface area contributed by atoms with Crippen molar-refractivity contribution in [1.82, 2.24) is 5.32 Å². The van der Waals surface area contributed by atoms with Crippen LogP contribution in [0.1, 0.15) is 24.3 Å². The Kier molecular flexibility index (Phi) is 2.77. The average molecular weight is 231 g/mol. The van der Waals surface area contributed by atoms with E-state index in [0.717, 1.165) is 29.8 Å². The summed E-state index contributed by atoms with van der Waals surface area (Å²) < 4.78 is 10.8. The highest BCUT2D eigenvalue weighted by atomic mass is 16.5. The molecule has 0 aliphatic carbocycles. The molecule has 1 fully saturated rings. The van der Waals surface area contributed by atoms with Gasteiger partial charge in [-0.1, -0.05) is 0 Å². The van der Waals surface area contributed by atoms with E-state index in [1.807, 2.05) is 6.07 Å². The zero-order chi connectivity index (χ0) is 11.7. The fourth-order valence-corrected chi connectivity index (χ4v) is 2.59. The second-order valence-corrected chi connectivity index (χ2v) is 4.61. The van der Waals surface area contributed by atoms with Crippen molar-refractivity contribution in [2.24, 2.45) is 0 Å². The molecule has 1 saturated heterocycles. The topological polar surface area (TPSA) is 34.4 Å². The Labute approximate surface area is 101 Å². The average Bonchev–Trinajstić information content (AvgIpc) is 2.86. The van der Waals surface area contributed by atoms with Gasteiger partial charge in [-0.05, 0) is 49.1 Å². The van der Waals surface area contributed by atoms with Gasteiger partial charge in [0.05, 0.1) is 13.4 Å². The number of rotatable bonds is 2. The molecule has 1 aromatic heterocycles. The van der Waals surface area contributed by atoms with Gasteiger partial charge in [-0.3, -0.25) is 0 Å². The van der Waals surface area contributed by atoms with Crippen LogP contribution in [0.25, 0.3) is 11.0 Å². The Morgan fingerprint density at radius 2 is 2.35 bits per heavy atom. The lowest BCUT2D eigenvalue weighted by molar-refractivity contribution is 0.407. The first-order valence-electron chi connectivity index (χ1n) is 6.14. The van der Waals surface area contributed by atoms with Crippen LogP contribution in [0, 0.1) is 0 Å². The number of nitrogens with one attached hydrogen (secondary N) is 1. The summed E-state index contributed by atoms with van der Waals surface area (Å²) in [5, 5.41) is 4.58. The van der Waals surface area contributed by atoms with Gasteiger partial charge in [-0.2, -0.15) is 0 Å². The first-order chi connectivity index (χ1) is 8.38. The van der Waals surface area contributed by atoms with Crippen LogP contribution in [-0.4, -0.2) is 20.2 Å². The molecule has 1 atom stereocenters. The highest BCUT2D eigenvalue weighted by Gasteiger charge is 2.17. The highest BCUT2D eigenvalue weighted by molar-refractivity contribution is 5.84. The molecule has 1 aromatic carbocycles. The van der Waals surface area contributed by atoms with Crippen molar-refractivity contribution in [2.45, 2.75) is 18.8 Å². The van der Waals surface area contributed by atoms with Crippen molar-refractivity contribution < 1.29 is 9.15 Å². The predicted octanol–water partition coefficient (Wildman–Crippen LogP) is 2.91. The summed E-state index contributed by atoms with van der Waals surface area (Å²) in [5.74, 6) is 1.44. The number of hydrogen-bond donors (Lipinski definition) is 1. The summed E-state index contributed by atoms with van der Waals surface area (Å²) in [6.07, 6.45) is 4.21. The third kappa shape index (κ3) is 1.91. The molecular weight excluding hydrogens is 214 g/mol. The quantitative estimate of drug-likeness (QED) is 0.863. The minimum atomic E-state index is 0.594. The molecule has 0 amide bonds. The van der Waals surface area contributed by atoms with Crippen LogP contribution in [0.4, 0.5) is 0 Å². The zero-order valence-corrected chi connectivity index (χ0v) is 10.0. The minimum Gasteiger partial charge on any atom is -0.493 e. The SMILES string of the molecule is COc1cc(C2CCCNC2)cc2ccoc12. The van der Waals surface area contributed by atoms with E-state index in [0.29, 0.717) is 5.92 Å². The van der Waals surface area contributed by atoms with Crippen molar-refractivity contribution in [3.8, 4) is 5.75 Å². The molecule has 3 heteroatoms. The van der Waals surface area contributed by atoms with E-state index in [2.05, 4.69) is 17.4 Å². The number of furan rings is 1. The number of hydrogen-bond acceptors (Lipinski definition) is 3. The smallest absolute Gasteiger partial charge is 0.175 e. The van der Waals surface area contributed by atoms with Gasteiger partial charge in [0.2, 0.25) is 0 Å². The summed E-state index contributed by atoms with van der Waals surface area (Å²) in [4.78, 5) is 0. The monoisotopic (exact) mass is 231 g/mol. The number of fused-ring (bicyclic) bond motifs is 1. The Morgan fingerprint density at radius 1 is 1.41 bits per heavy atom. The lowest BCUT2D eigenvalue weighted by Gasteiger charge is -2.23. The first kappa shape index (κ1) is 10.7. The first-order valence-corrected chi connectivity index (χ1v) is 6.14. The van der Waals surface area contributed by atoms with Crippen LogP contribution >= 0.6 is 0 Å². The Hall–Kier alpha value is -1.48. The number of ether oxygens (including phenoxy) is 1. The second-order valence-electron chi connectivity index (χ2n) is 4.61. The molecule has 3 rings (SSSR count). The lowest BCUT2D eigenvalue weighted by Crippen LogP contribution is -2.28. The molecule has 3 nitrogen and oxygen atoms in total. The normalized spacial score (nSPS) is 20.6. The number of piperidine rings is 1. The lowest BCUT2D eigenvalue weighted by atomic mass is 9.91. The van der Waals surface area contributed by atoms with E-state index in [1.54, 1.807) is 13.4 Å². The van der Waals surface area contributed by atoms with Gasteiger partial charge in [0.15, 0.2) is 11.3 Å². The van der Waals surface area contributed by atoms with E-state index in [9.17, 15) is 0 Å². The van der Waals surface area contributed by atoms with Crippen molar-refractivity contribution in [3.63, 3.8) is 0 Å². The van der Waals surface area contributed by atoms with Crippen molar-refractivity contribution in [3.05, 3.63) is 30.0 Å². The van der Waals surface area contributed by atoms with E-state index >= 15 is 0 Å². The van der Waals surface area contributed by atoms with Crippen molar-refractivity contribution in [2.75, 3.05) is 20.2 Å². The Bertz CT molecular complexity index is 512. The summed E-state index contributed by atoms with van der Waals surface area (Å²) in [5.41, 5.74) is 2.20. The molecule has 2 heterocycles. The van der Waals surface area contributed by atoms with Crippen LogP contribution in [0.5, 0.6) is 5.75 Å². The highest BCUT2D eigenvalue weighted by Crippen LogP contribution is 2.33. The number of benzene rings is 1. The zero-order valence-electron chi connectivity index (χ0n) is 10.0. The van der Waals surface area contributed by atoms with Gasteiger partial charge in [0.25, 0.3) is 0 Å². The molecule has 1 aliphatic rings. The third-order valence-corrected chi connectivity index (χ3v) is 3.53. The van der Waals surface area contributed by atoms with Crippen LogP contribution < -0.4 is 10.1 Å². The maximum Gasteiger partial charge on any atom is 0.175 e. The van der Waals surface area contributed by atoms with Gasteiger partial charge in [0, 0.05) is 11.9 Å². The molecule has 1 N–H and O–H groups in total. The largest absolute Gasteiger partial charge is 0.493 e. The standard InChI is InChI=1S/C14H17NO2/c1-16-13-8-12(11-3-2-5-15-9-11)7-10-4-6-17-14(10)13/h4,6-8,11,15H,2-3,5,9H2,1H3. The molecule has 2 aromatic rings. The van der Waals surface area contributed by atoms with E-state index in [-0.39, 0.29) is 0 Å². The van der Waals surface area contributed by atoms with Crippen molar-refractivity contribution in [1.29, 1.82) is 0 Å². The Morgan fingerprint density at radius 3 is 3.12 bits per heavy atom. The van der Waals surface area contributed by atoms with Crippen LogP contribution in [-0.2, 0) is 0 Å². The van der Waals surface area contributed by atoms with Crippen LogP contribution in [0.3, 0.4) is 0 Å². The third-order valence-electron chi connectivity index (χ3n) is 3.53. The minimum absolute atomic E-state index is 0.594. The van der Waals surface area contributed by atoms with E-state index < -0.39 is 0 Å². The maximum absolute atomic E-state index is 5.44. The predicted molar refractivity (Wildman–Crippen MR) is 67.6 cm³/mol. The molecule has 0 spiro atoms. The fourth-order valence-electron chi connectivity index (χ4n) is 2.59. The molecule has 0 saturated carbocycles.